The highest BCUT2D eigenvalue weighted by molar-refractivity contribution is 7.16. The fourth-order valence-corrected chi connectivity index (χ4v) is 4.74. The molecule has 0 saturated carbocycles. The summed E-state index contributed by atoms with van der Waals surface area (Å²) in [7, 11) is 0. The summed E-state index contributed by atoms with van der Waals surface area (Å²) in [5.41, 5.74) is 3.82. The molecule has 0 aliphatic rings. The molecule has 2 heterocycles. The number of nitrogens with zero attached hydrogens (tertiary/aromatic N) is 3. The van der Waals surface area contributed by atoms with Crippen LogP contribution in [0.25, 0.3) is 11.8 Å². The first-order chi connectivity index (χ1) is 16.6. The number of aromatic nitrogens is 1. The molecule has 0 bridgehead atoms. The van der Waals surface area contributed by atoms with Crippen molar-refractivity contribution in [2.45, 2.75) is 34.6 Å². The van der Waals surface area contributed by atoms with E-state index in [2.05, 4.69) is 5.32 Å². The Morgan fingerprint density at radius 1 is 1.23 bits per heavy atom. The predicted molar refractivity (Wildman–Crippen MR) is 134 cm³/mol. The van der Waals surface area contributed by atoms with Gasteiger partial charge in [-0.2, -0.15) is 5.26 Å². The average molecular weight is 493 g/mol. The Hall–Kier alpha value is -4.23. The van der Waals surface area contributed by atoms with Gasteiger partial charge in [-0.1, -0.05) is 0 Å². The Labute approximate surface area is 206 Å². The smallest absolute Gasteiger partial charge is 0.341 e. The minimum Gasteiger partial charge on any atom is -0.462 e. The predicted octanol–water partition coefficient (Wildman–Crippen LogP) is 5.40. The fourth-order valence-electron chi connectivity index (χ4n) is 3.69. The number of hydrogen-bond acceptors (Lipinski definition) is 7. The van der Waals surface area contributed by atoms with Crippen molar-refractivity contribution in [3.8, 4) is 11.8 Å². The molecule has 1 N–H and O–H groups in total. The van der Waals surface area contributed by atoms with Gasteiger partial charge in [-0.25, -0.2) is 4.79 Å². The maximum absolute atomic E-state index is 13.0. The number of amides is 1. The molecule has 0 spiro atoms. The highest BCUT2D eigenvalue weighted by Crippen LogP contribution is 2.33. The molecule has 180 valence electrons. The molecule has 0 aliphatic heterocycles. The minimum absolute atomic E-state index is 0.0130. The number of benzene rings is 1. The summed E-state index contributed by atoms with van der Waals surface area (Å²) >= 11 is 1.25. The highest BCUT2D eigenvalue weighted by Gasteiger charge is 2.23. The summed E-state index contributed by atoms with van der Waals surface area (Å²) in [5.74, 6) is -1.17. The summed E-state index contributed by atoms with van der Waals surface area (Å²) in [6.07, 6.45) is 1.48. The average Bonchev–Trinajstić information content (AvgIpc) is 3.25. The minimum atomic E-state index is -0.639. The fraction of sp³-hybridized carbons (Fsp3) is 0.240. The molecule has 0 unspecified atom stereocenters. The van der Waals surface area contributed by atoms with Crippen molar-refractivity contribution in [1.29, 1.82) is 5.26 Å². The first-order valence-corrected chi connectivity index (χ1v) is 11.5. The Balaban J connectivity index is 1.94. The van der Waals surface area contributed by atoms with Crippen LogP contribution in [-0.2, 0) is 9.53 Å². The zero-order valence-electron chi connectivity index (χ0n) is 20.0. The molecule has 0 atom stereocenters. The van der Waals surface area contributed by atoms with Crippen LogP contribution >= 0.6 is 11.3 Å². The Morgan fingerprint density at radius 2 is 1.89 bits per heavy atom. The number of nitriles is 1. The number of anilines is 1. The van der Waals surface area contributed by atoms with E-state index in [9.17, 15) is 25.0 Å². The normalized spacial score (nSPS) is 11.1. The lowest BCUT2D eigenvalue weighted by Crippen LogP contribution is -2.16. The number of rotatable bonds is 7. The largest absolute Gasteiger partial charge is 0.462 e. The van der Waals surface area contributed by atoms with Gasteiger partial charge >= 0.3 is 5.97 Å². The number of nitro benzene ring substituents is 1. The lowest BCUT2D eigenvalue weighted by atomic mass is 10.1. The van der Waals surface area contributed by atoms with Crippen molar-refractivity contribution in [3.05, 3.63) is 79.0 Å². The Kier molecular flexibility index (Phi) is 7.52. The van der Waals surface area contributed by atoms with Gasteiger partial charge in [0.05, 0.1) is 17.1 Å². The van der Waals surface area contributed by atoms with Gasteiger partial charge in [0.25, 0.3) is 11.6 Å². The second-order valence-electron chi connectivity index (χ2n) is 7.77. The molecule has 3 rings (SSSR count). The van der Waals surface area contributed by atoms with E-state index in [0.717, 1.165) is 27.5 Å². The summed E-state index contributed by atoms with van der Waals surface area (Å²) < 4.78 is 7.00. The first kappa shape index (κ1) is 25.4. The van der Waals surface area contributed by atoms with E-state index >= 15 is 0 Å². The molecule has 2 aromatic heterocycles. The number of nitro groups is 1. The van der Waals surface area contributed by atoms with Gasteiger partial charge < -0.3 is 14.6 Å². The van der Waals surface area contributed by atoms with Crippen molar-refractivity contribution in [2.75, 3.05) is 11.9 Å². The standard InChI is InChI=1S/C25H24N4O5S/c1-6-34-25(31)22-15(3)17(5)35-24(22)27-23(30)19(13-26)12-18-11-14(2)28(16(18)4)20-7-9-21(10-8-20)29(32)33/h7-12H,6H2,1-5H3,(H,27,30)/b19-12+. The Morgan fingerprint density at radius 3 is 2.46 bits per heavy atom. The maximum atomic E-state index is 13.0. The third-order valence-electron chi connectivity index (χ3n) is 5.55. The number of thiophene rings is 1. The molecule has 10 heteroatoms. The number of ether oxygens (including phenoxy) is 1. The maximum Gasteiger partial charge on any atom is 0.341 e. The number of hydrogen-bond donors (Lipinski definition) is 1. The monoisotopic (exact) mass is 492 g/mol. The number of non-ortho nitro benzene ring substituents is 1. The third-order valence-corrected chi connectivity index (χ3v) is 6.67. The van der Waals surface area contributed by atoms with Gasteiger partial charge in [0.2, 0.25) is 0 Å². The molecule has 0 saturated heterocycles. The van der Waals surface area contributed by atoms with Crippen LogP contribution in [0.4, 0.5) is 10.7 Å². The molecule has 0 aliphatic carbocycles. The second kappa shape index (κ2) is 10.4. The molecular formula is C25H24N4O5S. The van der Waals surface area contributed by atoms with Gasteiger partial charge in [-0.3, -0.25) is 14.9 Å². The number of esters is 1. The van der Waals surface area contributed by atoms with E-state index in [-0.39, 0.29) is 23.4 Å². The number of carbonyl (C=O) groups is 2. The molecule has 1 amide bonds. The summed E-state index contributed by atoms with van der Waals surface area (Å²) in [5, 5.41) is 23.7. The first-order valence-electron chi connectivity index (χ1n) is 10.7. The molecule has 3 aromatic rings. The van der Waals surface area contributed by atoms with Crippen LogP contribution in [0.2, 0.25) is 0 Å². The summed E-state index contributed by atoms with van der Waals surface area (Å²) in [6.45, 7) is 9.22. The van der Waals surface area contributed by atoms with Crippen LogP contribution in [0.3, 0.4) is 0 Å². The molecule has 1 aromatic carbocycles. The molecule has 0 radical (unpaired) electrons. The summed E-state index contributed by atoms with van der Waals surface area (Å²) in [6, 6.07) is 9.88. The van der Waals surface area contributed by atoms with Crippen LogP contribution < -0.4 is 5.32 Å². The van der Waals surface area contributed by atoms with Gasteiger partial charge in [0.1, 0.15) is 16.6 Å². The van der Waals surface area contributed by atoms with Crippen LogP contribution in [0.15, 0.2) is 35.9 Å². The van der Waals surface area contributed by atoms with Crippen LogP contribution in [0.5, 0.6) is 0 Å². The molecule has 9 nitrogen and oxygen atoms in total. The lowest BCUT2D eigenvalue weighted by Gasteiger charge is -2.09. The number of carbonyl (C=O) groups excluding carboxylic acids is 2. The molecule has 35 heavy (non-hydrogen) atoms. The zero-order chi connectivity index (χ0) is 25.9. The molecular weight excluding hydrogens is 468 g/mol. The van der Waals surface area contributed by atoms with E-state index in [1.165, 1.54) is 29.5 Å². The van der Waals surface area contributed by atoms with E-state index in [0.29, 0.717) is 10.6 Å². The zero-order valence-corrected chi connectivity index (χ0v) is 20.8. The van der Waals surface area contributed by atoms with Crippen molar-refractivity contribution >= 4 is 40.0 Å². The number of nitrogens with one attached hydrogen (secondary N) is 1. The second-order valence-corrected chi connectivity index (χ2v) is 8.99. The highest BCUT2D eigenvalue weighted by atomic mass is 32.1. The van der Waals surface area contributed by atoms with Gasteiger partial charge in [0.15, 0.2) is 0 Å². The van der Waals surface area contributed by atoms with E-state index in [4.69, 9.17) is 4.74 Å². The van der Waals surface area contributed by atoms with E-state index < -0.39 is 16.8 Å². The van der Waals surface area contributed by atoms with Gasteiger partial charge in [-0.05, 0) is 70.0 Å². The SMILES string of the molecule is CCOC(=O)c1c(NC(=O)/C(C#N)=C/c2cc(C)n(-c3ccc([N+](=O)[O-])cc3)c2C)sc(C)c1C. The van der Waals surface area contributed by atoms with Crippen molar-refractivity contribution in [2.24, 2.45) is 0 Å². The quantitative estimate of drug-likeness (QED) is 0.155. The Bertz CT molecular complexity index is 1390. The van der Waals surface area contributed by atoms with Crippen molar-refractivity contribution < 1.29 is 19.2 Å². The lowest BCUT2D eigenvalue weighted by molar-refractivity contribution is -0.384. The third kappa shape index (κ3) is 5.15. The number of aryl methyl sites for hydroxylation is 2. The van der Waals surface area contributed by atoms with Crippen molar-refractivity contribution in [1.82, 2.24) is 4.57 Å². The van der Waals surface area contributed by atoms with Crippen LogP contribution in [0, 0.1) is 49.1 Å². The van der Waals surface area contributed by atoms with Gasteiger partial charge in [-0.15, -0.1) is 11.3 Å². The van der Waals surface area contributed by atoms with Crippen molar-refractivity contribution in [3.63, 3.8) is 0 Å². The van der Waals surface area contributed by atoms with E-state index in [1.807, 2.05) is 37.5 Å². The summed E-state index contributed by atoms with van der Waals surface area (Å²) in [4.78, 5) is 36.7. The van der Waals surface area contributed by atoms with Crippen LogP contribution in [0.1, 0.15) is 44.7 Å². The van der Waals surface area contributed by atoms with E-state index in [1.54, 1.807) is 26.0 Å². The van der Waals surface area contributed by atoms with Gasteiger partial charge in [0, 0.05) is 34.1 Å². The molecule has 0 fully saturated rings. The topological polar surface area (TPSA) is 127 Å². The van der Waals surface area contributed by atoms with Crippen LogP contribution in [-0.4, -0.2) is 28.0 Å².